The van der Waals surface area contributed by atoms with Gasteiger partial charge < -0.3 is 10.1 Å². The number of amides is 1. The molecule has 1 N–H and O–H groups in total. The summed E-state index contributed by atoms with van der Waals surface area (Å²) in [6.07, 6.45) is 5.29. The maximum atomic E-state index is 12.4. The number of benzene rings is 1. The Bertz CT molecular complexity index is 502. The zero-order chi connectivity index (χ0) is 14.8. The molecule has 1 aromatic carbocycles. The molecule has 0 radical (unpaired) electrons. The van der Waals surface area contributed by atoms with Crippen molar-refractivity contribution in [3.8, 4) is 5.75 Å². The molecule has 1 amide bonds. The quantitative estimate of drug-likeness (QED) is 0.898. The van der Waals surface area contributed by atoms with Gasteiger partial charge in [0, 0.05) is 11.1 Å². The van der Waals surface area contributed by atoms with Gasteiger partial charge in [0.05, 0.1) is 0 Å². The van der Waals surface area contributed by atoms with E-state index in [2.05, 4.69) is 5.32 Å². The number of rotatable bonds is 5. The normalized spacial score (nSPS) is 28.4. The number of nitrogens with one attached hydrogen (secondary N) is 1. The number of carbonyl (C=O) groups excluding carboxylic acids is 1. The average molecular weight is 308 g/mol. The molecule has 0 aliphatic heterocycles. The molecule has 4 atom stereocenters. The third-order valence-electron chi connectivity index (χ3n) is 4.82. The van der Waals surface area contributed by atoms with E-state index in [9.17, 15) is 4.79 Å². The summed E-state index contributed by atoms with van der Waals surface area (Å²) in [5, 5.41) is 3.87. The molecule has 0 aromatic heterocycles. The van der Waals surface area contributed by atoms with E-state index in [1.54, 1.807) is 24.3 Å². The highest BCUT2D eigenvalue weighted by Gasteiger charge is 2.40. The van der Waals surface area contributed by atoms with Crippen LogP contribution < -0.4 is 10.1 Å². The highest BCUT2D eigenvalue weighted by Crippen LogP contribution is 2.44. The van der Waals surface area contributed by atoms with Crippen molar-refractivity contribution in [2.45, 2.75) is 51.2 Å². The number of fused-ring (bicyclic) bond motifs is 2. The fraction of sp³-hybridized carbons (Fsp3) is 0.588. The summed E-state index contributed by atoms with van der Waals surface area (Å²) < 4.78 is 5.80. The van der Waals surface area contributed by atoms with Crippen molar-refractivity contribution < 1.29 is 9.53 Å². The number of ether oxygens (including phenoxy) is 1. The highest BCUT2D eigenvalue weighted by atomic mass is 35.5. The first-order valence-corrected chi connectivity index (χ1v) is 8.26. The molecule has 3 nitrogen and oxygen atoms in total. The predicted molar refractivity (Wildman–Crippen MR) is 83.5 cm³/mol. The molecule has 0 saturated heterocycles. The van der Waals surface area contributed by atoms with Crippen molar-refractivity contribution in [2.75, 3.05) is 0 Å². The van der Waals surface area contributed by atoms with E-state index < -0.39 is 6.10 Å². The van der Waals surface area contributed by atoms with E-state index >= 15 is 0 Å². The van der Waals surface area contributed by atoms with Crippen molar-refractivity contribution in [3.63, 3.8) is 0 Å². The molecule has 2 saturated carbocycles. The monoisotopic (exact) mass is 307 g/mol. The van der Waals surface area contributed by atoms with Gasteiger partial charge in [-0.3, -0.25) is 4.79 Å². The van der Waals surface area contributed by atoms with E-state index in [1.807, 2.05) is 6.92 Å². The molecule has 2 bridgehead atoms. The van der Waals surface area contributed by atoms with Crippen LogP contribution in [-0.2, 0) is 4.79 Å². The molecule has 1 aromatic rings. The van der Waals surface area contributed by atoms with Crippen LogP contribution in [0.2, 0.25) is 5.02 Å². The summed E-state index contributed by atoms with van der Waals surface area (Å²) in [6.45, 7) is 1.97. The Kier molecular flexibility index (Phi) is 4.39. The van der Waals surface area contributed by atoms with Gasteiger partial charge >= 0.3 is 0 Å². The first-order chi connectivity index (χ1) is 10.2. The summed E-state index contributed by atoms with van der Waals surface area (Å²) in [7, 11) is 0. The van der Waals surface area contributed by atoms with Crippen LogP contribution in [0, 0.1) is 11.8 Å². The predicted octanol–water partition coefficient (Wildman–Crippen LogP) is 3.80. The third kappa shape index (κ3) is 3.34. The van der Waals surface area contributed by atoms with Crippen LogP contribution >= 0.6 is 11.6 Å². The Morgan fingerprint density at radius 2 is 2.10 bits per heavy atom. The van der Waals surface area contributed by atoms with E-state index in [-0.39, 0.29) is 5.91 Å². The van der Waals surface area contributed by atoms with Crippen LogP contribution in [0.3, 0.4) is 0 Å². The maximum absolute atomic E-state index is 12.4. The molecule has 114 valence electrons. The molecule has 2 aliphatic rings. The lowest BCUT2D eigenvalue weighted by atomic mass is 9.95. The lowest BCUT2D eigenvalue weighted by molar-refractivity contribution is -0.129. The second-order valence-electron chi connectivity index (χ2n) is 6.26. The van der Waals surface area contributed by atoms with Gasteiger partial charge in [-0.05, 0) is 61.8 Å². The van der Waals surface area contributed by atoms with Crippen LogP contribution in [-0.4, -0.2) is 18.1 Å². The van der Waals surface area contributed by atoms with Crippen molar-refractivity contribution in [1.29, 1.82) is 0 Å². The summed E-state index contributed by atoms with van der Waals surface area (Å²) >= 11 is 5.86. The van der Waals surface area contributed by atoms with Crippen LogP contribution in [0.5, 0.6) is 5.75 Å². The number of carbonyl (C=O) groups is 1. The summed E-state index contributed by atoms with van der Waals surface area (Å²) in [5.41, 5.74) is 0. The largest absolute Gasteiger partial charge is 0.481 e. The zero-order valence-corrected chi connectivity index (χ0v) is 13.1. The van der Waals surface area contributed by atoms with Gasteiger partial charge in [-0.1, -0.05) is 24.9 Å². The summed E-state index contributed by atoms with van der Waals surface area (Å²) in [4.78, 5) is 12.4. The average Bonchev–Trinajstić information content (AvgIpc) is 3.09. The Labute approximate surface area is 131 Å². The molecule has 4 heteroatoms. The van der Waals surface area contributed by atoms with Crippen molar-refractivity contribution in [3.05, 3.63) is 29.3 Å². The standard InChI is InChI=1S/C17H22ClNO2/c1-2-16(21-14-7-5-13(18)6-8-14)17(20)19-15-10-11-3-4-12(15)9-11/h5-8,11-12,15-16H,2-4,9-10H2,1H3,(H,19,20). The molecule has 21 heavy (non-hydrogen) atoms. The zero-order valence-electron chi connectivity index (χ0n) is 12.3. The van der Waals surface area contributed by atoms with Gasteiger partial charge in [0.25, 0.3) is 5.91 Å². The fourth-order valence-corrected chi connectivity index (χ4v) is 3.82. The van der Waals surface area contributed by atoms with Gasteiger partial charge in [0.1, 0.15) is 5.75 Å². The Morgan fingerprint density at radius 1 is 1.33 bits per heavy atom. The second-order valence-corrected chi connectivity index (χ2v) is 6.70. The Balaban J connectivity index is 1.57. The Hall–Kier alpha value is -1.22. The third-order valence-corrected chi connectivity index (χ3v) is 5.07. The first-order valence-electron chi connectivity index (χ1n) is 7.88. The minimum absolute atomic E-state index is 0.0185. The lowest BCUT2D eigenvalue weighted by Gasteiger charge is -2.25. The van der Waals surface area contributed by atoms with E-state index in [0.29, 0.717) is 29.2 Å². The van der Waals surface area contributed by atoms with Crippen molar-refractivity contribution >= 4 is 17.5 Å². The molecule has 2 aliphatic carbocycles. The van der Waals surface area contributed by atoms with Gasteiger partial charge in [-0.25, -0.2) is 0 Å². The van der Waals surface area contributed by atoms with Crippen LogP contribution in [0.25, 0.3) is 0 Å². The van der Waals surface area contributed by atoms with E-state index in [0.717, 1.165) is 12.3 Å². The molecule has 3 rings (SSSR count). The molecule has 0 spiro atoms. The Morgan fingerprint density at radius 3 is 2.67 bits per heavy atom. The van der Waals surface area contributed by atoms with Crippen LogP contribution in [0.4, 0.5) is 0 Å². The smallest absolute Gasteiger partial charge is 0.261 e. The molecular formula is C17H22ClNO2. The van der Waals surface area contributed by atoms with Crippen molar-refractivity contribution in [2.24, 2.45) is 11.8 Å². The minimum atomic E-state index is -0.426. The SMILES string of the molecule is CCC(Oc1ccc(Cl)cc1)C(=O)NC1CC2CCC1C2. The lowest BCUT2D eigenvalue weighted by Crippen LogP contribution is -2.45. The molecule has 2 fully saturated rings. The topological polar surface area (TPSA) is 38.3 Å². The summed E-state index contributed by atoms with van der Waals surface area (Å²) in [6, 6.07) is 7.51. The maximum Gasteiger partial charge on any atom is 0.261 e. The minimum Gasteiger partial charge on any atom is -0.481 e. The van der Waals surface area contributed by atoms with E-state index in [1.165, 1.54) is 19.3 Å². The van der Waals surface area contributed by atoms with Gasteiger partial charge in [-0.2, -0.15) is 0 Å². The van der Waals surface area contributed by atoms with Crippen LogP contribution in [0.15, 0.2) is 24.3 Å². The van der Waals surface area contributed by atoms with Gasteiger partial charge in [0.2, 0.25) is 0 Å². The molecule has 0 heterocycles. The number of halogens is 1. The molecule has 4 unspecified atom stereocenters. The van der Waals surface area contributed by atoms with Gasteiger partial charge in [0.15, 0.2) is 6.10 Å². The highest BCUT2D eigenvalue weighted by molar-refractivity contribution is 6.30. The second kappa shape index (κ2) is 6.27. The number of hydrogen-bond acceptors (Lipinski definition) is 2. The molecular weight excluding hydrogens is 286 g/mol. The van der Waals surface area contributed by atoms with Crippen molar-refractivity contribution in [1.82, 2.24) is 5.32 Å². The first kappa shape index (κ1) is 14.7. The number of hydrogen-bond donors (Lipinski definition) is 1. The van der Waals surface area contributed by atoms with Crippen LogP contribution in [0.1, 0.15) is 39.0 Å². The van der Waals surface area contributed by atoms with Gasteiger partial charge in [-0.15, -0.1) is 0 Å². The summed E-state index contributed by atoms with van der Waals surface area (Å²) in [5.74, 6) is 2.23. The van der Waals surface area contributed by atoms with E-state index in [4.69, 9.17) is 16.3 Å². The fourth-order valence-electron chi connectivity index (χ4n) is 3.70.